The second kappa shape index (κ2) is 11.8. The standard InChI is InChI=1S/C23H24N6O4.C2HF3O2/c1-12-20-14(9-17(27-12)23(32)26-11-19(30)29(2)3)21(15(10-25-20)22(24)31)28-16-5-4-6-18-13(16)7-8-33-18;3-2(4,5)1(6)7/h4-6,9-10H,7-8,11H2,1-3H3,(H2,24,31)(H,25,28)(H,26,32);(H,6,7). The predicted octanol–water partition coefficient (Wildman–Crippen LogP) is 2.17. The fourth-order valence-electron chi connectivity index (χ4n) is 3.67. The maximum atomic E-state index is 12.7. The maximum Gasteiger partial charge on any atom is 0.490 e. The van der Waals surface area contributed by atoms with Gasteiger partial charge < -0.3 is 31.1 Å². The Morgan fingerprint density at radius 2 is 1.88 bits per heavy atom. The van der Waals surface area contributed by atoms with Gasteiger partial charge >= 0.3 is 12.1 Å². The summed E-state index contributed by atoms with van der Waals surface area (Å²) in [5, 5.41) is 13.5. The number of likely N-dealkylation sites (N-methyl/N-ethyl adjacent to an activating group) is 1. The Morgan fingerprint density at radius 3 is 2.48 bits per heavy atom. The number of halogens is 3. The zero-order valence-corrected chi connectivity index (χ0v) is 21.5. The molecule has 3 aromatic rings. The lowest BCUT2D eigenvalue weighted by Gasteiger charge is -2.17. The van der Waals surface area contributed by atoms with Gasteiger partial charge in [0.2, 0.25) is 5.91 Å². The highest BCUT2D eigenvalue weighted by Crippen LogP contribution is 2.36. The van der Waals surface area contributed by atoms with Gasteiger partial charge in [-0.3, -0.25) is 19.4 Å². The van der Waals surface area contributed by atoms with Crippen LogP contribution in [0.5, 0.6) is 5.75 Å². The minimum absolute atomic E-state index is 0.0969. The molecular formula is C25H25F3N6O6. The fourth-order valence-corrected chi connectivity index (χ4v) is 3.67. The minimum Gasteiger partial charge on any atom is -0.493 e. The highest BCUT2D eigenvalue weighted by molar-refractivity contribution is 6.09. The lowest BCUT2D eigenvalue weighted by Crippen LogP contribution is -2.36. The van der Waals surface area contributed by atoms with E-state index >= 15 is 0 Å². The smallest absolute Gasteiger partial charge is 0.490 e. The number of ether oxygens (including phenoxy) is 1. The lowest BCUT2D eigenvalue weighted by atomic mass is 10.1. The number of carbonyl (C=O) groups excluding carboxylic acids is 3. The molecule has 0 aliphatic carbocycles. The van der Waals surface area contributed by atoms with Crippen LogP contribution in [0.4, 0.5) is 24.5 Å². The molecule has 0 bridgehead atoms. The van der Waals surface area contributed by atoms with Crippen molar-refractivity contribution >= 4 is 46.0 Å². The number of carboxylic acid groups (broad SMARTS) is 1. The topological polar surface area (TPSA) is 177 Å². The fraction of sp³-hybridized carbons (Fsp3) is 0.280. The largest absolute Gasteiger partial charge is 0.493 e. The number of nitrogens with one attached hydrogen (secondary N) is 2. The summed E-state index contributed by atoms with van der Waals surface area (Å²) >= 11 is 0. The van der Waals surface area contributed by atoms with E-state index in [1.807, 2.05) is 18.2 Å². The summed E-state index contributed by atoms with van der Waals surface area (Å²) in [5.74, 6) is -3.40. The van der Waals surface area contributed by atoms with Gasteiger partial charge in [-0.1, -0.05) is 6.07 Å². The molecule has 15 heteroatoms. The number of pyridine rings is 2. The number of benzene rings is 1. The number of aryl methyl sites for hydroxylation is 1. The Bertz CT molecular complexity index is 1490. The van der Waals surface area contributed by atoms with E-state index in [9.17, 15) is 27.6 Å². The molecule has 1 aliphatic heterocycles. The van der Waals surface area contributed by atoms with Crippen molar-refractivity contribution < 1.29 is 42.2 Å². The number of rotatable bonds is 6. The number of aromatic nitrogens is 2. The summed E-state index contributed by atoms with van der Waals surface area (Å²) in [6.45, 7) is 2.14. The molecule has 2 aromatic heterocycles. The monoisotopic (exact) mass is 562 g/mol. The van der Waals surface area contributed by atoms with Crippen LogP contribution in [0, 0.1) is 6.92 Å². The van der Waals surface area contributed by atoms with Crippen molar-refractivity contribution in [2.24, 2.45) is 5.73 Å². The average Bonchev–Trinajstić information content (AvgIpc) is 3.36. The number of nitrogens with zero attached hydrogens (tertiary/aromatic N) is 3. The van der Waals surface area contributed by atoms with Gasteiger partial charge in [-0.15, -0.1) is 0 Å². The summed E-state index contributed by atoms with van der Waals surface area (Å²) in [6, 6.07) is 7.17. The average molecular weight is 563 g/mol. The van der Waals surface area contributed by atoms with Gasteiger partial charge in [-0.2, -0.15) is 13.2 Å². The van der Waals surface area contributed by atoms with Crippen LogP contribution in [0.25, 0.3) is 10.9 Å². The number of fused-ring (bicyclic) bond motifs is 2. The van der Waals surface area contributed by atoms with Crippen LogP contribution in [0.1, 0.15) is 32.1 Å². The molecular weight excluding hydrogens is 537 g/mol. The van der Waals surface area contributed by atoms with E-state index in [2.05, 4.69) is 20.6 Å². The summed E-state index contributed by atoms with van der Waals surface area (Å²) in [4.78, 5) is 55.7. The molecule has 4 rings (SSSR count). The van der Waals surface area contributed by atoms with Crippen molar-refractivity contribution in [3.63, 3.8) is 0 Å². The minimum atomic E-state index is -5.08. The Kier molecular flexibility index (Phi) is 8.76. The second-order valence-corrected chi connectivity index (χ2v) is 8.68. The van der Waals surface area contributed by atoms with E-state index in [0.29, 0.717) is 28.9 Å². The lowest BCUT2D eigenvalue weighted by molar-refractivity contribution is -0.192. The van der Waals surface area contributed by atoms with Gasteiger partial charge in [0.1, 0.15) is 11.4 Å². The molecule has 0 fully saturated rings. The molecule has 0 saturated carbocycles. The van der Waals surface area contributed by atoms with Gasteiger partial charge in [-0.25, -0.2) is 9.78 Å². The SMILES string of the molecule is Cc1nc(C(=O)NCC(=O)N(C)C)cc2c(Nc3cccc4c3CCO4)c(C(N)=O)cnc12.O=C(O)C(F)(F)F. The predicted molar refractivity (Wildman–Crippen MR) is 136 cm³/mol. The van der Waals surface area contributed by atoms with Crippen LogP contribution in [0.2, 0.25) is 0 Å². The third-order valence-electron chi connectivity index (χ3n) is 5.67. The molecule has 40 heavy (non-hydrogen) atoms. The molecule has 0 atom stereocenters. The highest BCUT2D eigenvalue weighted by Gasteiger charge is 2.38. The van der Waals surface area contributed by atoms with Crippen molar-refractivity contribution in [3.05, 3.63) is 53.0 Å². The zero-order valence-electron chi connectivity index (χ0n) is 21.5. The molecule has 1 aliphatic rings. The van der Waals surface area contributed by atoms with Gasteiger partial charge in [0.05, 0.1) is 35.6 Å². The first-order chi connectivity index (χ1) is 18.7. The number of aliphatic carboxylic acids is 1. The second-order valence-electron chi connectivity index (χ2n) is 8.68. The molecule has 0 unspecified atom stereocenters. The third kappa shape index (κ3) is 6.73. The molecule has 0 saturated heterocycles. The number of alkyl halides is 3. The van der Waals surface area contributed by atoms with Gasteiger partial charge in [0, 0.05) is 43.4 Å². The quantitative estimate of drug-likeness (QED) is 0.351. The molecule has 1 aromatic carbocycles. The Morgan fingerprint density at radius 1 is 1.20 bits per heavy atom. The van der Waals surface area contributed by atoms with Crippen molar-refractivity contribution in [1.29, 1.82) is 0 Å². The summed E-state index contributed by atoms with van der Waals surface area (Å²) in [7, 11) is 3.21. The number of anilines is 2. The summed E-state index contributed by atoms with van der Waals surface area (Å²) in [5.41, 5.74) is 9.12. The number of primary amides is 1. The third-order valence-corrected chi connectivity index (χ3v) is 5.67. The molecule has 12 nitrogen and oxygen atoms in total. The van der Waals surface area contributed by atoms with Crippen LogP contribution in [-0.2, 0) is 16.0 Å². The van der Waals surface area contributed by atoms with Crippen LogP contribution in [-0.4, -0.2) is 77.1 Å². The summed E-state index contributed by atoms with van der Waals surface area (Å²) < 4.78 is 37.4. The molecule has 0 radical (unpaired) electrons. The number of carboxylic acids is 1. The van der Waals surface area contributed by atoms with Gasteiger partial charge in [0.25, 0.3) is 11.8 Å². The van der Waals surface area contributed by atoms with Crippen molar-refractivity contribution in [2.45, 2.75) is 19.5 Å². The Hall–Kier alpha value is -4.95. The molecule has 3 heterocycles. The van der Waals surface area contributed by atoms with Crippen molar-refractivity contribution in [1.82, 2.24) is 20.2 Å². The van der Waals surface area contributed by atoms with Crippen molar-refractivity contribution in [2.75, 3.05) is 32.6 Å². The van der Waals surface area contributed by atoms with E-state index in [0.717, 1.165) is 23.4 Å². The molecule has 3 amide bonds. The van der Waals surface area contributed by atoms with E-state index in [-0.39, 0.29) is 23.7 Å². The van der Waals surface area contributed by atoms with Crippen LogP contribution in [0.15, 0.2) is 30.5 Å². The number of carbonyl (C=O) groups is 4. The highest BCUT2D eigenvalue weighted by atomic mass is 19.4. The van der Waals surface area contributed by atoms with Gasteiger partial charge in [0.15, 0.2) is 0 Å². The zero-order chi connectivity index (χ0) is 29.8. The van der Waals surface area contributed by atoms with E-state index in [1.54, 1.807) is 27.1 Å². The Labute approximate surface area is 225 Å². The van der Waals surface area contributed by atoms with E-state index in [1.165, 1.54) is 11.1 Å². The molecule has 212 valence electrons. The van der Waals surface area contributed by atoms with E-state index in [4.69, 9.17) is 20.4 Å². The number of amides is 3. The van der Waals surface area contributed by atoms with E-state index < -0.39 is 24.0 Å². The first-order valence-corrected chi connectivity index (χ1v) is 11.6. The Balaban J connectivity index is 0.000000559. The van der Waals surface area contributed by atoms with Crippen LogP contribution >= 0.6 is 0 Å². The first-order valence-electron chi connectivity index (χ1n) is 11.6. The number of hydrogen-bond acceptors (Lipinski definition) is 8. The number of nitrogens with two attached hydrogens (primary N) is 1. The van der Waals surface area contributed by atoms with Crippen molar-refractivity contribution in [3.8, 4) is 5.75 Å². The van der Waals surface area contributed by atoms with Crippen LogP contribution < -0.4 is 21.1 Å². The number of hydrogen-bond donors (Lipinski definition) is 4. The molecule has 0 spiro atoms. The first kappa shape index (κ1) is 29.6. The van der Waals surface area contributed by atoms with Crippen LogP contribution in [0.3, 0.4) is 0 Å². The maximum absolute atomic E-state index is 12.7. The summed E-state index contributed by atoms with van der Waals surface area (Å²) in [6.07, 6.45) is -2.96. The normalized spacial score (nSPS) is 11.9. The molecule has 5 N–H and O–H groups in total. The van der Waals surface area contributed by atoms with Gasteiger partial charge in [-0.05, 0) is 25.1 Å².